The molecule has 1 aromatic rings. The average Bonchev–Trinajstić information content (AvgIpc) is 3.10. The van der Waals surface area contributed by atoms with Crippen LogP contribution in [0.5, 0.6) is 0 Å². The second-order valence-electron chi connectivity index (χ2n) is 7.07. The third-order valence-electron chi connectivity index (χ3n) is 5.75. The van der Waals surface area contributed by atoms with Gasteiger partial charge in [0.1, 0.15) is 0 Å². The minimum Gasteiger partial charge on any atom is -0.399 e. The number of hydrogen-bond acceptors (Lipinski definition) is 2. The van der Waals surface area contributed by atoms with Crippen molar-refractivity contribution >= 4 is 5.69 Å². The van der Waals surface area contributed by atoms with E-state index in [1.54, 1.807) is 0 Å². The Bertz CT molecular complexity index is 439. The van der Waals surface area contributed by atoms with Gasteiger partial charge in [0.25, 0.3) is 0 Å². The molecule has 0 spiro atoms. The third-order valence-corrected chi connectivity index (χ3v) is 5.75. The van der Waals surface area contributed by atoms with Crippen LogP contribution in [0.15, 0.2) is 24.3 Å². The monoisotopic (exact) mass is 272 g/mol. The maximum atomic E-state index is 5.79. The standard InChI is InChI=1S/C18H28N2/c1-2-17(9-3-4-10-17)13-20-14-18(11-12-18)15-5-7-16(19)8-6-15/h5-8,20H,2-4,9-14,19H2,1H3. The highest BCUT2D eigenvalue weighted by Gasteiger charge is 2.44. The van der Waals surface area contributed by atoms with Gasteiger partial charge in [-0.2, -0.15) is 0 Å². The maximum absolute atomic E-state index is 5.79. The molecule has 3 N–H and O–H groups in total. The molecule has 2 nitrogen and oxygen atoms in total. The minimum absolute atomic E-state index is 0.404. The number of nitrogen functional groups attached to an aromatic ring is 1. The highest BCUT2D eigenvalue weighted by molar-refractivity contribution is 5.43. The van der Waals surface area contributed by atoms with Gasteiger partial charge in [0.05, 0.1) is 0 Å². The Morgan fingerprint density at radius 2 is 1.65 bits per heavy atom. The van der Waals surface area contributed by atoms with Crippen LogP contribution in [0.2, 0.25) is 0 Å². The van der Waals surface area contributed by atoms with Crippen molar-refractivity contribution in [1.29, 1.82) is 0 Å². The van der Waals surface area contributed by atoms with Gasteiger partial charge in [0, 0.05) is 24.2 Å². The second-order valence-corrected chi connectivity index (χ2v) is 7.07. The fourth-order valence-corrected chi connectivity index (χ4v) is 3.90. The highest BCUT2D eigenvalue weighted by atomic mass is 14.9. The van der Waals surface area contributed by atoms with E-state index in [1.165, 1.54) is 57.1 Å². The largest absolute Gasteiger partial charge is 0.399 e. The first-order valence-corrected chi connectivity index (χ1v) is 8.25. The van der Waals surface area contributed by atoms with Crippen LogP contribution in [-0.2, 0) is 5.41 Å². The van der Waals surface area contributed by atoms with E-state index >= 15 is 0 Å². The molecule has 0 amide bonds. The van der Waals surface area contributed by atoms with Crippen molar-refractivity contribution in [3.63, 3.8) is 0 Å². The van der Waals surface area contributed by atoms with Gasteiger partial charge >= 0.3 is 0 Å². The number of hydrogen-bond donors (Lipinski definition) is 2. The molecule has 2 heteroatoms. The lowest BCUT2D eigenvalue weighted by Gasteiger charge is -2.29. The van der Waals surface area contributed by atoms with E-state index in [1.807, 2.05) is 12.1 Å². The Morgan fingerprint density at radius 3 is 2.20 bits per heavy atom. The van der Waals surface area contributed by atoms with E-state index in [9.17, 15) is 0 Å². The van der Waals surface area contributed by atoms with E-state index in [4.69, 9.17) is 5.73 Å². The first-order chi connectivity index (χ1) is 9.68. The summed E-state index contributed by atoms with van der Waals surface area (Å²) in [5.41, 5.74) is 9.13. The van der Waals surface area contributed by atoms with E-state index in [0.717, 1.165) is 12.2 Å². The second kappa shape index (κ2) is 5.40. The predicted octanol–water partition coefficient (Wildman–Crippen LogP) is 3.86. The van der Waals surface area contributed by atoms with Crippen LogP contribution in [0.25, 0.3) is 0 Å². The summed E-state index contributed by atoms with van der Waals surface area (Å²) in [6, 6.07) is 8.52. The van der Waals surface area contributed by atoms with Crippen molar-refractivity contribution in [3.8, 4) is 0 Å². The molecule has 2 aliphatic rings. The van der Waals surface area contributed by atoms with Crippen LogP contribution in [-0.4, -0.2) is 13.1 Å². The van der Waals surface area contributed by atoms with Crippen LogP contribution in [0.3, 0.4) is 0 Å². The molecule has 0 aromatic heterocycles. The molecule has 0 unspecified atom stereocenters. The van der Waals surface area contributed by atoms with E-state index in [2.05, 4.69) is 24.4 Å². The normalized spacial score (nSPS) is 22.9. The van der Waals surface area contributed by atoms with Gasteiger partial charge in [0.15, 0.2) is 0 Å². The van der Waals surface area contributed by atoms with Crippen molar-refractivity contribution in [3.05, 3.63) is 29.8 Å². The average molecular weight is 272 g/mol. The van der Waals surface area contributed by atoms with Gasteiger partial charge < -0.3 is 11.1 Å². The molecule has 1 aromatic carbocycles. The van der Waals surface area contributed by atoms with Crippen molar-refractivity contribution in [2.45, 2.75) is 57.3 Å². The first kappa shape index (κ1) is 13.9. The van der Waals surface area contributed by atoms with Gasteiger partial charge in [-0.05, 0) is 55.2 Å². The zero-order valence-electron chi connectivity index (χ0n) is 12.8. The Morgan fingerprint density at radius 1 is 1.00 bits per heavy atom. The number of nitrogens with one attached hydrogen (secondary N) is 1. The van der Waals surface area contributed by atoms with Crippen LogP contribution in [0.4, 0.5) is 5.69 Å². The van der Waals surface area contributed by atoms with Crippen LogP contribution >= 0.6 is 0 Å². The van der Waals surface area contributed by atoms with Gasteiger partial charge in [-0.25, -0.2) is 0 Å². The molecule has 2 aliphatic carbocycles. The molecule has 0 heterocycles. The molecule has 0 radical (unpaired) electrons. The zero-order valence-corrected chi connectivity index (χ0v) is 12.8. The molecule has 0 bridgehead atoms. The summed E-state index contributed by atoms with van der Waals surface area (Å²) >= 11 is 0. The van der Waals surface area contributed by atoms with Gasteiger partial charge in [-0.15, -0.1) is 0 Å². The summed E-state index contributed by atoms with van der Waals surface area (Å²) in [5, 5.41) is 3.80. The smallest absolute Gasteiger partial charge is 0.0314 e. The summed E-state index contributed by atoms with van der Waals surface area (Å²) in [6.07, 6.45) is 9.68. The molecular weight excluding hydrogens is 244 g/mol. The van der Waals surface area contributed by atoms with Crippen LogP contribution < -0.4 is 11.1 Å². The summed E-state index contributed by atoms with van der Waals surface area (Å²) in [7, 11) is 0. The van der Waals surface area contributed by atoms with Crippen molar-refractivity contribution < 1.29 is 0 Å². The van der Waals surface area contributed by atoms with Crippen molar-refractivity contribution in [2.24, 2.45) is 5.41 Å². The molecular formula is C18H28N2. The molecule has 0 atom stereocenters. The van der Waals surface area contributed by atoms with Gasteiger partial charge in [-0.3, -0.25) is 0 Å². The van der Waals surface area contributed by atoms with Gasteiger partial charge in [0.2, 0.25) is 0 Å². The Balaban J connectivity index is 1.57. The lowest BCUT2D eigenvalue weighted by Crippen LogP contribution is -2.36. The zero-order chi connectivity index (χ0) is 14.1. The van der Waals surface area contributed by atoms with Crippen molar-refractivity contribution in [2.75, 3.05) is 18.8 Å². The van der Waals surface area contributed by atoms with E-state index in [0.29, 0.717) is 10.8 Å². The number of anilines is 1. The molecule has 20 heavy (non-hydrogen) atoms. The Labute approximate surface area is 123 Å². The quantitative estimate of drug-likeness (QED) is 0.772. The molecule has 3 rings (SSSR count). The number of benzene rings is 1. The Hall–Kier alpha value is -1.02. The minimum atomic E-state index is 0.404. The van der Waals surface area contributed by atoms with Gasteiger partial charge in [-0.1, -0.05) is 31.9 Å². The summed E-state index contributed by atoms with van der Waals surface area (Å²) < 4.78 is 0. The SMILES string of the molecule is CCC1(CNCC2(c3ccc(N)cc3)CC2)CCCC1. The fourth-order valence-electron chi connectivity index (χ4n) is 3.90. The highest BCUT2D eigenvalue weighted by Crippen LogP contribution is 2.48. The number of rotatable bonds is 6. The topological polar surface area (TPSA) is 38.0 Å². The summed E-state index contributed by atoms with van der Waals surface area (Å²) in [5.74, 6) is 0. The number of nitrogens with two attached hydrogens (primary N) is 1. The first-order valence-electron chi connectivity index (χ1n) is 8.25. The maximum Gasteiger partial charge on any atom is 0.0314 e. The fraction of sp³-hybridized carbons (Fsp3) is 0.667. The lowest BCUT2D eigenvalue weighted by molar-refractivity contribution is 0.265. The third kappa shape index (κ3) is 2.71. The molecule has 2 fully saturated rings. The van der Waals surface area contributed by atoms with Crippen molar-refractivity contribution in [1.82, 2.24) is 5.32 Å². The molecule has 0 aliphatic heterocycles. The Kier molecular flexibility index (Phi) is 3.76. The van der Waals surface area contributed by atoms with E-state index < -0.39 is 0 Å². The molecule has 0 saturated heterocycles. The van der Waals surface area contributed by atoms with E-state index in [-0.39, 0.29) is 0 Å². The van der Waals surface area contributed by atoms with Crippen LogP contribution in [0, 0.1) is 5.41 Å². The van der Waals surface area contributed by atoms with Crippen LogP contribution in [0.1, 0.15) is 57.4 Å². The molecule has 110 valence electrons. The lowest BCUT2D eigenvalue weighted by atomic mass is 9.83. The summed E-state index contributed by atoms with van der Waals surface area (Å²) in [4.78, 5) is 0. The molecule has 2 saturated carbocycles. The predicted molar refractivity (Wildman–Crippen MR) is 85.8 cm³/mol. The summed E-state index contributed by atoms with van der Waals surface area (Å²) in [6.45, 7) is 4.71.